The van der Waals surface area contributed by atoms with Crippen molar-refractivity contribution < 1.29 is 5.11 Å². The second kappa shape index (κ2) is 6.82. The first-order chi connectivity index (χ1) is 14.0. The molecule has 5 rings (SSSR count). The van der Waals surface area contributed by atoms with Gasteiger partial charge in [-0.2, -0.15) is 0 Å². The van der Waals surface area contributed by atoms with Gasteiger partial charge in [0.05, 0.1) is 16.7 Å². The van der Waals surface area contributed by atoms with Gasteiger partial charge >= 0.3 is 5.69 Å². The zero-order chi connectivity index (χ0) is 20.2. The van der Waals surface area contributed by atoms with E-state index in [2.05, 4.69) is 22.0 Å². The summed E-state index contributed by atoms with van der Waals surface area (Å²) < 4.78 is 3.40. The molecular weight excluding hydrogens is 364 g/mol. The van der Waals surface area contributed by atoms with Crippen LogP contribution in [0.4, 0.5) is 0 Å². The van der Waals surface area contributed by atoms with E-state index >= 15 is 0 Å². The standard InChI is InChI=1S/C23H28N4O2/c1-25-19-10-9-16(12-20(19)26(2)22(25)28)13-27-14-17-6-5-7-18(15-27)23(17,29)21-8-3-4-11-24-21/h3-4,8-12,17-18,29H,5-7,13-15H2,1-2H3. The lowest BCUT2D eigenvalue weighted by Gasteiger charge is -2.52. The molecule has 3 aromatic rings. The fraction of sp³-hybridized carbons (Fsp3) is 0.478. The van der Waals surface area contributed by atoms with Crippen molar-refractivity contribution in [3.63, 3.8) is 0 Å². The number of pyridine rings is 1. The number of likely N-dealkylation sites (tertiary alicyclic amines) is 1. The number of piperidine rings is 1. The van der Waals surface area contributed by atoms with Gasteiger partial charge in [-0.15, -0.1) is 0 Å². The van der Waals surface area contributed by atoms with E-state index in [1.807, 2.05) is 38.4 Å². The number of aromatic nitrogens is 3. The summed E-state index contributed by atoms with van der Waals surface area (Å²) in [5.74, 6) is 0.407. The van der Waals surface area contributed by atoms with Gasteiger partial charge in [-0.25, -0.2) is 4.79 Å². The molecule has 152 valence electrons. The molecule has 6 heteroatoms. The van der Waals surface area contributed by atoms with E-state index in [0.717, 1.165) is 49.2 Å². The van der Waals surface area contributed by atoms with Crippen molar-refractivity contribution in [3.05, 3.63) is 64.3 Å². The minimum Gasteiger partial charge on any atom is -0.383 e. The zero-order valence-electron chi connectivity index (χ0n) is 17.1. The fourth-order valence-corrected chi connectivity index (χ4v) is 5.60. The van der Waals surface area contributed by atoms with Gasteiger partial charge in [0.25, 0.3) is 0 Å². The van der Waals surface area contributed by atoms with E-state index in [0.29, 0.717) is 0 Å². The highest BCUT2D eigenvalue weighted by molar-refractivity contribution is 5.76. The van der Waals surface area contributed by atoms with Crippen LogP contribution in [0.3, 0.4) is 0 Å². The number of hydrogen-bond donors (Lipinski definition) is 1. The number of rotatable bonds is 3. The van der Waals surface area contributed by atoms with Crippen LogP contribution in [0.2, 0.25) is 0 Å². The monoisotopic (exact) mass is 392 g/mol. The molecule has 2 aliphatic rings. The molecule has 1 aliphatic heterocycles. The Hall–Kier alpha value is -2.44. The first kappa shape index (κ1) is 18.6. The van der Waals surface area contributed by atoms with E-state index in [9.17, 15) is 9.90 Å². The summed E-state index contributed by atoms with van der Waals surface area (Å²) in [5, 5.41) is 11.7. The lowest BCUT2D eigenvalue weighted by atomic mass is 9.64. The maximum atomic E-state index is 12.2. The molecule has 1 aliphatic carbocycles. The summed E-state index contributed by atoms with van der Waals surface area (Å²) >= 11 is 0. The Labute approximate surface area is 170 Å². The SMILES string of the molecule is Cn1c(=O)n(C)c2cc(CN3CC4CCCC(C3)C4(O)c3ccccn3)ccc21. The van der Waals surface area contributed by atoms with Crippen LogP contribution in [-0.4, -0.2) is 37.2 Å². The minimum atomic E-state index is -0.816. The first-order valence-corrected chi connectivity index (χ1v) is 10.5. The average Bonchev–Trinajstić information content (AvgIpc) is 2.93. The molecule has 2 atom stereocenters. The highest BCUT2D eigenvalue weighted by Gasteiger charge is 2.52. The van der Waals surface area contributed by atoms with Crippen LogP contribution in [-0.2, 0) is 26.2 Å². The number of benzene rings is 1. The van der Waals surface area contributed by atoms with Crippen molar-refractivity contribution >= 4 is 11.0 Å². The molecule has 29 heavy (non-hydrogen) atoms. The van der Waals surface area contributed by atoms with Gasteiger partial charge < -0.3 is 5.11 Å². The van der Waals surface area contributed by atoms with E-state index in [1.165, 1.54) is 12.0 Å². The van der Waals surface area contributed by atoms with Crippen molar-refractivity contribution in [2.75, 3.05) is 13.1 Å². The Morgan fingerprint density at radius 1 is 1.07 bits per heavy atom. The Morgan fingerprint density at radius 3 is 2.48 bits per heavy atom. The highest BCUT2D eigenvalue weighted by Crippen LogP contribution is 2.48. The van der Waals surface area contributed by atoms with Gasteiger partial charge in [0, 0.05) is 51.8 Å². The number of aliphatic hydroxyl groups is 1. The summed E-state index contributed by atoms with van der Waals surface area (Å²) in [6, 6.07) is 12.2. The lowest BCUT2D eigenvalue weighted by Crippen LogP contribution is -2.58. The van der Waals surface area contributed by atoms with Crippen LogP contribution in [0.5, 0.6) is 0 Å². The molecular formula is C23H28N4O2. The summed E-state index contributed by atoms with van der Waals surface area (Å²) in [6.45, 7) is 2.58. The van der Waals surface area contributed by atoms with E-state index in [4.69, 9.17) is 0 Å². The van der Waals surface area contributed by atoms with Gasteiger partial charge in [0.1, 0.15) is 5.60 Å². The van der Waals surface area contributed by atoms with Gasteiger partial charge in [-0.05, 0) is 42.7 Å². The van der Waals surface area contributed by atoms with E-state index in [-0.39, 0.29) is 17.5 Å². The van der Waals surface area contributed by atoms with Crippen molar-refractivity contribution in [1.82, 2.24) is 19.0 Å². The fourth-order valence-electron chi connectivity index (χ4n) is 5.60. The molecule has 1 saturated carbocycles. The predicted molar refractivity (Wildman–Crippen MR) is 112 cm³/mol. The van der Waals surface area contributed by atoms with Crippen molar-refractivity contribution in [1.29, 1.82) is 0 Å². The number of imidazole rings is 1. The normalized spacial score (nSPS) is 27.4. The third-order valence-corrected chi connectivity index (χ3v) is 7.12. The number of hydrogen-bond acceptors (Lipinski definition) is 4. The van der Waals surface area contributed by atoms with Crippen molar-refractivity contribution in [2.24, 2.45) is 25.9 Å². The summed E-state index contributed by atoms with van der Waals surface area (Å²) in [4.78, 5) is 19.2. The molecule has 6 nitrogen and oxygen atoms in total. The molecule has 2 fully saturated rings. The summed E-state index contributed by atoms with van der Waals surface area (Å²) in [6.07, 6.45) is 5.03. The van der Waals surface area contributed by atoms with Crippen LogP contribution >= 0.6 is 0 Å². The van der Waals surface area contributed by atoms with Gasteiger partial charge in [-0.1, -0.05) is 18.6 Å². The second-order valence-electron chi connectivity index (χ2n) is 8.78. The summed E-state index contributed by atoms with van der Waals surface area (Å²) in [7, 11) is 3.64. The molecule has 0 amide bonds. The van der Waals surface area contributed by atoms with Crippen molar-refractivity contribution in [2.45, 2.75) is 31.4 Å². The molecule has 3 heterocycles. The van der Waals surface area contributed by atoms with Gasteiger partial charge in [0.2, 0.25) is 0 Å². The van der Waals surface area contributed by atoms with Crippen LogP contribution < -0.4 is 5.69 Å². The van der Waals surface area contributed by atoms with Gasteiger partial charge in [-0.3, -0.25) is 19.0 Å². The first-order valence-electron chi connectivity index (χ1n) is 10.5. The molecule has 1 aromatic carbocycles. The van der Waals surface area contributed by atoms with Gasteiger partial charge in [0.15, 0.2) is 0 Å². The summed E-state index contributed by atoms with van der Waals surface area (Å²) in [5.41, 5.74) is 3.15. The second-order valence-corrected chi connectivity index (χ2v) is 8.78. The highest BCUT2D eigenvalue weighted by atomic mass is 16.3. The average molecular weight is 393 g/mol. The van der Waals surface area contributed by atoms with E-state index in [1.54, 1.807) is 15.3 Å². The Balaban J connectivity index is 1.41. The third kappa shape index (κ3) is 2.85. The molecule has 0 radical (unpaired) electrons. The molecule has 1 saturated heterocycles. The zero-order valence-corrected chi connectivity index (χ0v) is 17.1. The van der Waals surface area contributed by atoms with Crippen LogP contribution in [0.1, 0.15) is 30.5 Å². The molecule has 2 bridgehead atoms. The van der Waals surface area contributed by atoms with Crippen LogP contribution in [0.25, 0.3) is 11.0 Å². The number of aryl methyl sites for hydroxylation is 2. The Kier molecular flexibility index (Phi) is 4.37. The molecule has 0 spiro atoms. The maximum absolute atomic E-state index is 12.2. The molecule has 2 unspecified atom stereocenters. The predicted octanol–water partition coefficient (Wildman–Crippen LogP) is 2.39. The van der Waals surface area contributed by atoms with Crippen molar-refractivity contribution in [3.8, 4) is 0 Å². The van der Waals surface area contributed by atoms with Crippen LogP contribution in [0.15, 0.2) is 47.4 Å². The largest absolute Gasteiger partial charge is 0.383 e. The Morgan fingerprint density at radius 2 is 1.79 bits per heavy atom. The minimum absolute atomic E-state index is 0.00470. The van der Waals surface area contributed by atoms with E-state index < -0.39 is 5.60 Å². The number of nitrogens with zero attached hydrogens (tertiary/aromatic N) is 4. The topological polar surface area (TPSA) is 63.3 Å². The lowest BCUT2D eigenvalue weighted by molar-refractivity contribution is -0.151. The smallest absolute Gasteiger partial charge is 0.328 e. The van der Waals surface area contributed by atoms with Crippen LogP contribution in [0, 0.1) is 11.8 Å². The Bertz CT molecular complexity index is 1090. The molecule has 1 N–H and O–H groups in total. The molecule has 2 aromatic heterocycles. The third-order valence-electron chi connectivity index (χ3n) is 7.12. The number of fused-ring (bicyclic) bond motifs is 3. The quantitative estimate of drug-likeness (QED) is 0.743. The maximum Gasteiger partial charge on any atom is 0.328 e.